The van der Waals surface area contributed by atoms with Gasteiger partial charge < -0.3 is 14.8 Å². The number of aromatic amines is 1. The van der Waals surface area contributed by atoms with E-state index >= 15 is 0 Å². The number of para-hydroxylation sites is 1. The van der Waals surface area contributed by atoms with Crippen molar-refractivity contribution in [2.45, 2.75) is 18.3 Å². The number of carbonyl (C=O) groups excluding carboxylic acids is 2. The largest absolute Gasteiger partial charge is 0.361 e. The molecule has 0 spiro atoms. The van der Waals surface area contributed by atoms with Crippen LogP contribution in [0.4, 0.5) is 0 Å². The van der Waals surface area contributed by atoms with Crippen LogP contribution in [-0.4, -0.2) is 53.3 Å². The predicted octanol–water partition coefficient (Wildman–Crippen LogP) is 1.50. The van der Waals surface area contributed by atoms with Crippen molar-refractivity contribution in [3.8, 4) is 0 Å². The summed E-state index contributed by atoms with van der Waals surface area (Å²) in [7, 11) is 0. The molecule has 5 nitrogen and oxygen atoms in total. The zero-order valence-corrected chi connectivity index (χ0v) is 12.4. The number of carbonyl (C=O) groups is 2. The molecule has 4 rings (SSSR count). The van der Waals surface area contributed by atoms with E-state index in [9.17, 15) is 9.59 Å². The molecule has 0 unspecified atom stereocenters. The van der Waals surface area contributed by atoms with Crippen LogP contribution in [-0.2, 0) is 15.0 Å². The average molecular weight is 297 g/mol. The van der Waals surface area contributed by atoms with E-state index in [4.69, 9.17) is 0 Å². The van der Waals surface area contributed by atoms with Crippen molar-refractivity contribution >= 4 is 23.2 Å². The van der Waals surface area contributed by atoms with Crippen LogP contribution >= 0.6 is 0 Å². The first-order valence-corrected chi connectivity index (χ1v) is 7.80. The van der Waals surface area contributed by atoms with Crippen LogP contribution in [0, 0.1) is 0 Å². The Kier molecular flexibility index (Phi) is 2.96. The van der Waals surface area contributed by atoms with Gasteiger partial charge in [0.15, 0.2) is 0 Å². The summed E-state index contributed by atoms with van der Waals surface area (Å²) in [6, 6.07) is 8.15. The first kappa shape index (κ1) is 13.4. The van der Waals surface area contributed by atoms with E-state index in [1.165, 1.54) is 0 Å². The van der Waals surface area contributed by atoms with Crippen LogP contribution in [0.2, 0.25) is 0 Å². The maximum Gasteiger partial charge on any atom is 0.233 e. The molecule has 0 atom stereocenters. The third-order valence-corrected chi connectivity index (χ3v) is 5.01. The van der Waals surface area contributed by atoms with Crippen LogP contribution in [0.3, 0.4) is 0 Å². The van der Waals surface area contributed by atoms with Gasteiger partial charge in [0.1, 0.15) is 0 Å². The van der Waals surface area contributed by atoms with Crippen molar-refractivity contribution in [3.05, 3.63) is 36.0 Å². The van der Waals surface area contributed by atoms with E-state index in [-0.39, 0.29) is 11.3 Å². The van der Waals surface area contributed by atoms with Crippen LogP contribution in [0.1, 0.15) is 18.4 Å². The molecular weight excluding hydrogens is 278 g/mol. The molecule has 1 aliphatic heterocycles. The van der Waals surface area contributed by atoms with E-state index < -0.39 is 0 Å². The minimum Gasteiger partial charge on any atom is -0.361 e. The van der Waals surface area contributed by atoms with E-state index in [1.807, 2.05) is 29.3 Å². The quantitative estimate of drug-likeness (QED) is 0.873. The summed E-state index contributed by atoms with van der Waals surface area (Å²) in [6.07, 6.45) is 4.70. The third-order valence-electron chi connectivity index (χ3n) is 5.01. The lowest BCUT2D eigenvalue weighted by Crippen LogP contribution is -2.51. The lowest BCUT2D eigenvalue weighted by Gasteiger charge is -2.34. The number of amides is 2. The monoisotopic (exact) mass is 297 g/mol. The van der Waals surface area contributed by atoms with Gasteiger partial charge in [-0.05, 0) is 24.5 Å². The number of H-pyrrole nitrogens is 1. The maximum absolute atomic E-state index is 13.0. The Balaban J connectivity index is 1.61. The number of nitrogens with zero attached hydrogens (tertiary/aromatic N) is 2. The second-order valence-corrected chi connectivity index (χ2v) is 6.26. The standard InChI is InChI=1S/C17H19N3O2/c21-12-19-7-9-20(10-8-19)16(22)17(5-6-17)14-11-18-15-4-2-1-3-13(14)15/h1-4,11-12,18H,5-10H2. The zero-order chi connectivity index (χ0) is 15.2. The van der Waals surface area contributed by atoms with Gasteiger partial charge in [0.05, 0.1) is 5.41 Å². The summed E-state index contributed by atoms with van der Waals surface area (Å²) in [4.78, 5) is 30.8. The van der Waals surface area contributed by atoms with Gasteiger partial charge in [0.25, 0.3) is 0 Å². The predicted molar refractivity (Wildman–Crippen MR) is 83.4 cm³/mol. The highest BCUT2D eigenvalue weighted by atomic mass is 16.2. The third kappa shape index (κ3) is 1.92. The SMILES string of the molecule is O=CN1CCN(C(=O)C2(c3c[nH]c4ccccc34)CC2)CC1. The van der Waals surface area contributed by atoms with Gasteiger partial charge >= 0.3 is 0 Å². The summed E-state index contributed by atoms with van der Waals surface area (Å²) in [5.74, 6) is 0.225. The van der Waals surface area contributed by atoms with E-state index in [0.717, 1.165) is 35.7 Å². The highest BCUT2D eigenvalue weighted by Crippen LogP contribution is 2.51. The summed E-state index contributed by atoms with van der Waals surface area (Å²) in [6.45, 7) is 2.56. The Morgan fingerprint density at radius 2 is 1.86 bits per heavy atom. The number of fused-ring (bicyclic) bond motifs is 1. The topological polar surface area (TPSA) is 56.4 Å². The lowest BCUT2D eigenvalue weighted by atomic mass is 9.93. The van der Waals surface area contributed by atoms with Crippen molar-refractivity contribution in [3.63, 3.8) is 0 Å². The van der Waals surface area contributed by atoms with E-state index in [0.29, 0.717) is 26.2 Å². The van der Waals surface area contributed by atoms with Gasteiger partial charge in [-0.1, -0.05) is 18.2 Å². The first-order chi connectivity index (χ1) is 10.7. The minimum absolute atomic E-state index is 0.225. The molecule has 2 aromatic rings. The first-order valence-electron chi connectivity index (χ1n) is 7.80. The Hall–Kier alpha value is -2.30. The molecule has 1 aromatic carbocycles. The number of nitrogens with one attached hydrogen (secondary N) is 1. The van der Waals surface area contributed by atoms with Gasteiger partial charge in [-0.2, -0.15) is 0 Å². The molecule has 5 heteroatoms. The normalized spacial score (nSPS) is 20.2. The summed E-state index contributed by atoms with van der Waals surface area (Å²) in [5, 5.41) is 1.15. The van der Waals surface area contributed by atoms with E-state index in [2.05, 4.69) is 11.1 Å². The van der Waals surface area contributed by atoms with Gasteiger partial charge in [0, 0.05) is 43.3 Å². The Labute approximate surface area is 128 Å². The molecule has 1 aromatic heterocycles. The molecule has 22 heavy (non-hydrogen) atoms. The van der Waals surface area contributed by atoms with Crippen molar-refractivity contribution < 1.29 is 9.59 Å². The van der Waals surface area contributed by atoms with Crippen LogP contribution < -0.4 is 0 Å². The molecule has 2 aliphatic rings. The average Bonchev–Trinajstić information content (AvgIpc) is 3.27. The maximum atomic E-state index is 13.0. The Morgan fingerprint density at radius 3 is 2.55 bits per heavy atom. The molecule has 1 N–H and O–H groups in total. The van der Waals surface area contributed by atoms with Crippen molar-refractivity contribution in [1.82, 2.24) is 14.8 Å². The number of hydrogen-bond donors (Lipinski definition) is 1. The second-order valence-electron chi connectivity index (χ2n) is 6.26. The van der Waals surface area contributed by atoms with Crippen molar-refractivity contribution in [2.75, 3.05) is 26.2 Å². The second kappa shape index (κ2) is 4.87. The molecule has 2 heterocycles. The van der Waals surface area contributed by atoms with Crippen molar-refractivity contribution in [2.24, 2.45) is 0 Å². The Bertz CT molecular complexity index is 724. The fourth-order valence-electron chi connectivity index (χ4n) is 3.52. The van der Waals surface area contributed by atoms with Crippen molar-refractivity contribution in [1.29, 1.82) is 0 Å². The van der Waals surface area contributed by atoms with Crippen LogP contribution in [0.5, 0.6) is 0 Å². The van der Waals surface area contributed by atoms with Gasteiger partial charge in [0.2, 0.25) is 12.3 Å². The Morgan fingerprint density at radius 1 is 1.14 bits per heavy atom. The number of benzene rings is 1. The molecule has 0 bridgehead atoms. The summed E-state index contributed by atoms with van der Waals surface area (Å²) < 4.78 is 0. The molecule has 0 radical (unpaired) electrons. The highest BCUT2D eigenvalue weighted by Gasteiger charge is 2.54. The lowest BCUT2D eigenvalue weighted by molar-refractivity contribution is -0.137. The van der Waals surface area contributed by atoms with Crippen LogP contribution in [0.25, 0.3) is 10.9 Å². The molecular formula is C17H19N3O2. The van der Waals surface area contributed by atoms with Gasteiger partial charge in [-0.3, -0.25) is 9.59 Å². The molecule has 1 saturated heterocycles. The summed E-state index contributed by atoms with van der Waals surface area (Å²) in [5.41, 5.74) is 1.87. The number of piperazine rings is 1. The number of rotatable bonds is 3. The van der Waals surface area contributed by atoms with E-state index in [1.54, 1.807) is 4.90 Å². The molecule has 1 aliphatic carbocycles. The molecule has 2 amide bonds. The summed E-state index contributed by atoms with van der Waals surface area (Å²) >= 11 is 0. The highest BCUT2D eigenvalue weighted by molar-refractivity contribution is 5.97. The fraction of sp³-hybridized carbons (Fsp3) is 0.412. The minimum atomic E-state index is -0.344. The smallest absolute Gasteiger partial charge is 0.233 e. The molecule has 1 saturated carbocycles. The number of aromatic nitrogens is 1. The van der Waals surface area contributed by atoms with Crippen LogP contribution in [0.15, 0.2) is 30.5 Å². The van der Waals surface area contributed by atoms with Gasteiger partial charge in [-0.25, -0.2) is 0 Å². The zero-order valence-electron chi connectivity index (χ0n) is 12.4. The number of hydrogen-bond acceptors (Lipinski definition) is 2. The fourth-order valence-corrected chi connectivity index (χ4v) is 3.52. The van der Waals surface area contributed by atoms with Gasteiger partial charge in [-0.15, -0.1) is 0 Å². The molecule has 114 valence electrons. The molecule has 2 fully saturated rings.